The van der Waals surface area contributed by atoms with Gasteiger partial charge in [-0.3, -0.25) is 4.79 Å². The molecule has 0 bridgehead atoms. The van der Waals surface area contributed by atoms with E-state index in [-0.39, 0.29) is 19.4 Å². The fourth-order valence-electron chi connectivity index (χ4n) is 1.79. The second kappa shape index (κ2) is 7.76. The Kier molecular flexibility index (Phi) is 6.33. The first kappa shape index (κ1) is 16.3. The Bertz CT molecular complexity index is 417. The van der Waals surface area contributed by atoms with Gasteiger partial charge >= 0.3 is 0 Å². The molecular formula is C13H23N5O2. The van der Waals surface area contributed by atoms with Gasteiger partial charge in [0, 0.05) is 32.3 Å². The number of nitrogens with one attached hydrogen (secondary N) is 1. The quantitative estimate of drug-likeness (QED) is 0.714. The van der Waals surface area contributed by atoms with Crippen molar-refractivity contribution >= 4 is 11.7 Å². The number of carbonyl (C=O) groups excluding carboxylic acids is 1. The average molecular weight is 281 g/mol. The highest BCUT2D eigenvalue weighted by molar-refractivity contribution is 5.92. The predicted octanol–water partition coefficient (Wildman–Crippen LogP) is 0.0263. The summed E-state index contributed by atoms with van der Waals surface area (Å²) in [5.74, 6) is 0.520. The maximum atomic E-state index is 11.7. The molecule has 1 aromatic rings. The minimum absolute atomic E-state index is 0. The molecule has 0 radical (unpaired) electrons. The molecule has 1 aliphatic heterocycles. The molecule has 0 atom stereocenters. The molecule has 1 fully saturated rings. The molecule has 0 aromatic carbocycles. The first-order valence-electron chi connectivity index (χ1n) is 6.41. The Morgan fingerprint density at radius 3 is 2.80 bits per heavy atom. The van der Waals surface area contributed by atoms with Crippen molar-refractivity contribution < 1.29 is 9.53 Å². The van der Waals surface area contributed by atoms with Gasteiger partial charge in [-0.1, -0.05) is 7.43 Å². The average Bonchev–Trinajstić information content (AvgIpc) is 2.40. The Labute approximate surface area is 119 Å². The Hall–Kier alpha value is -1.73. The Balaban J connectivity index is 0.00000200. The van der Waals surface area contributed by atoms with E-state index in [1.54, 1.807) is 12.1 Å². The molecule has 3 N–H and O–H groups in total. The van der Waals surface area contributed by atoms with Crippen molar-refractivity contribution in [2.75, 3.05) is 37.7 Å². The van der Waals surface area contributed by atoms with E-state index in [1.165, 1.54) is 0 Å². The molecule has 20 heavy (non-hydrogen) atoms. The third-order valence-corrected chi connectivity index (χ3v) is 2.85. The van der Waals surface area contributed by atoms with Gasteiger partial charge in [0.25, 0.3) is 5.91 Å². The van der Waals surface area contributed by atoms with Gasteiger partial charge in [-0.15, -0.1) is 10.2 Å². The molecule has 0 unspecified atom stereocenters. The topological polar surface area (TPSA) is 93.4 Å². The monoisotopic (exact) mass is 281 g/mol. The molecule has 1 aliphatic rings. The van der Waals surface area contributed by atoms with Crippen LogP contribution < -0.4 is 16.0 Å². The van der Waals surface area contributed by atoms with E-state index in [2.05, 4.69) is 15.5 Å². The molecule has 1 saturated heterocycles. The molecule has 0 spiro atoms. The van der Waals surface area contributed by atoms with E-state index in [0.717, 1.165) is 18.9 Å². The predicted molar refractivity (Wildman–Crippen MR) is 77.8 cm³/mol. The van der Waals surface area contributed by atoms with Crippen molar-refractivity contribution in [2.24, 2.45) is 5.73 Å². The van der Waals surface area contributed by atoms with Gasteiger partial charge in [-0.05, 0) is 19.1 Å². The van der Waals surface area contributed by atoms with Crippen LogP contribution in [0.1, 0.15) is 24.8 Å². The SMILES string of the molecule is C.CCOCCNC(=O)c1ccc(N2CC(N)C2)nn1. The van der Waals surface area contributed by atoms with Crippen LogP contribution in [0.4, 0.5) is 5.82 Å². The van der Waals surface area contributed by atoms with Crippen molar-refractivity contribution in [1.29, 1.82) is 0 Å². The summed E-state index contributed by atoms with van der Waals surface area (Å²) < 4.78 is 5.13. The molecule has 2 heterocycles. The zero-order valence-corrected chi connectivity index (χ0v) is 11.0. The van der Waals surface area contributed by atoms with E-state index in [1.807, 2.05) is 11.8 Å². The number of nitrogens with two attached hydrogens (primary N) is 1. The summed E-state index contributed by atoms with van der Waals surface area (Å²) in [6.07, 6.45) is 0. The van der Waals surface area contributed by atoms with Crippen molar-refractivity contribution in [3.8, 4) is 0 Å². The smallest absolute Gasteiger partial charge is 0.271 e. The molecule has 1 aromatic heterocycles. The van der Waals surface area contributed by atoms with Gasteiger partial charge in [0.1, 0.15) is 0 Å². The van der Waals surface area contributed by atoms with Crippen LogP contribution in [0.15, 0.2) is 12.1 Å². The largest absolute Gasteiger partial charge is 0.380 e. The highest BCUT2D eigenvalue weighted by atomic mass is 16.5. The zero-order valence-electron chi connectivity index (χ0n) is 11.0. The number of hydrogen-bond acceptors (Lipinski definition) is 6. The van der Waals surface area contributed by atoms with E-state index in [0.29, 0.717) is 25.5 Å². The molecule has 7 heteroatoms. The first-order valence-corrected chi connectivity index (χ1v) is 6.41. The first-order chi connectivity index (χ1) is 9.20. The van der Waals surface area contributed by atoms with Gasteiger partial charge in [0.2, 0.25) is 0 Å². The third-order valence-electron chi connectivity index (χ3n) is 2.85. The van der Waals surface area contributed by atoms with Gasteiger partial charge in [0.15, 0.2) is 11.5 Å². The van der Waals surface area contributed by atoms with Crippen LogP contribution in [0.5, 0.6) is 0 Å². The Morgan fingerprint density at radius 2 is 2.25 bits per heavy atom. The molecular weight excluding hydrogens is 258 g/mol. The summed E-state index contributed by atoms with van der Waals surface area (Å²) in [7, 11) is 0. The molecule has 2 rings (SSSR count). The Morgan fingerprint density at radius 1 is 1.50 bits per heavy atom. The van der Waals surface area contributed by atoms with Gasteiger partial charge in [-0.2, -0.15) is 0 Å². The summed E-state index contributed by atoms with van der Waals surface area (Å²) in [6.45, 7) is 5.09. The summed E-state index contributed by atoms with van der Waals surface area (Å²) in [5, 5.41) is 10.7. The number of amides is 1. The van der Waals surface area contributed by atoms with Crippen LogP contribution in [0, 0.1) is 0 Å². The highest BCUT2D eigenvalue weighted by Gasteiger charge is 2.24. The van der Waals surface area contributed by atoms with E-state index in [9.17, 15) is 4.79 Å². The summed E-state index contributed by atoms with van der Waals surface area (Å²) in [6, 6.07) is 3.67. The van der Waals surface area contributed by atoms with Gasteiger partial charge < -0.3 is 20.7 Å². The summed E-state index contributed by atoms with van der Waals surface area (Å²) in [4.78, 5) is 13.7. The lowest BCUT2D eigenvalue weighted by Gasteiger charge is -2.37. The van der Waals surface area contributed by atoms with E-state index < -0.39 is 0 Å². The van der Waals surface area contributed by atoms with Crippen molar-refractivity contribution in [2.45, 2.75) is 20.4 Å². The molecule has 1 amide bonds. The fraction of sp³-hybridized carbons (Fsp3) is 0.615. The van der Waals surface area contributed by atoms with E-state index in [4.69, 9.17) is 10.5 Å². The summed E-state index contributed by atoms with van der Waals surface area (Å²) in [5.41, 5.74) is 6.01. The number of ether oxygens (including phenoxy) is 1. The van der Waals surface area contributed by atoms with Crippen molar-refractivity contribution in [1.82, 2.24) is 15.5 Å². The van der Waals surface area contributed by atoms with Crippen LogP contribution >= 0.6 is 0 Å². The number of aromatic nitrogens is 2. The molecule has 7 nitrogen and oxygen atoms in total. The second-order valence-electron chi connectivity index (χ2n) is 4.39. The maximum absolute atomic E-state index is 11.7. The van der Waals surface area contributed by atoms with Crippen LogP contribution in [-0.2, 0) is 4.74 Å². The minimum atomic E-state index is -0.237. The molecule has 0 aliphatic carbocycles. The lowest BCUT2D eigenvalue weighted by atomic mass is 10.1. The normalized spacial score (nSPS) is 14.4. The standard InChI is InChI=1S/C12H19N5O2.CH4/c1-2-19-6-5-14-12(18)10-3-4-11(16-15-10)17-7-9(13)8-17;/h3-4,9H,2,5-8,13H2,1H3,(H,14,18);1H4. The molecule has 0 saturated carbocycles. The van der Waals surface area contributed by atoms with E-state index >= 15 is 0 Å². The third kappa shape index (κ3) is 4.14. The number of nitrogens with zero attached hydrogens (tertiary/aromatic N) is 3. The number of hydrogen-bond donors (Lipinski definition) is 2. The second-order valence-corrected chi connectivity index (χ2v) is 4.39. The van der Waals surface area contributed by atoms with Crippen LogP contribution in [-0.4, -0.2) is 55.0 Å². The maximum Gasteiger partial charge on any atom is 0.271 e. The highest BCUT2D eigenvalue weighted by Crippen LogP contribution is 2.15. The number of rotatable bonds is 6. The molecule has 112 valence electrons. The lowest BCUT2D eigenvalue weighted by Crippen LogP contribution is -2.56. The number of carbonyl (C=O) groups is 1. The van der Waals surface area contributed by atoms with Crippen molar-refractivity contribution in [3.05, 3.63) is 17.8 Å². The number of anilines is 1. The zero-order chi connectivity index (χ0) is 13.7. The summed E-state index contributed by atoms with van der Waals surface area (Å²) >= 11 is 0. The minimum Gasteiger partial charge on any atom is -0.380 e. The van der Waals surface area contributed by atoms with Crippen LogP contribution in [0.2, 0.25) is 0 Å². The lowest BCUT2D eigenvalue weighted by molar-refractivity contribution is 0.0916. The fourth-order valence-corrected chi connectivity index (χ4v) is 1.79. The van der Waals surface area contributed by atoms with Gasteiger partial charge in [0.05, 0.1) is 6.61 Å². The van der Waals surface area contributed by atoms with Gasteiger partial charge in [-0.25, -0.2) is 0 Å². The van der Waals surface area contributed by atoms with Crippen LogP contribution in [0.3, 0.4) is 0 Å². The van der Waals surface area contributed by atoms with Crippen LogP contribution in [0.25, 0.3) is 0 Å². The van der Waals surface area contributed by atoms with Crippen molar-refractivity contribution in [3.63, 3.8) is 0 Å².